The Balaban J connectivity index is 2.74. The lowest BCUT2D eigenvalue weighted by Gasteiger charge is -1.98. The number of methoxy groups -OCH3 is 1. The number of halogens is 1. The Bertz CT molecular complexity index is 462. The van der Waals surface area contributed by atoms with Gasteiger partial charge in [-0.3, -0.25) is 0 Å². The molecule has 1 heterocycles. The summed E-state index contributed by atoms with van der Waals surface area (Å²) >= 11 is 7.56. The van der Waals surface area contributed by atoms with Gasteiger partial charge < -0.3 is 4.74 Å². The Hall–Kier alpha value is -0.730. The van der Waals surface area contributed by atoms with Crippen molar-refractivity contribution >= 4 is 33.0 Å². The number of hydrogen-bond donors (Lipinski definition) is 0. The van der Waals surface area contributed by atoms with Gasteiger partial charge >= 0.3 is 0 Å². The quantitative estimate of drug-likeness (QED) is 0.705. The Morgan fingerprint density at radius 3 is 2.86 bits per heavy atom. The molecule has 0 saturated carbocycles. The summed E-state index contributed by atoms with van der Waals surface area (Å²) in [5.41, 5.74) is 2.36. The van der Waals surface area contributed by atoms with Crippen LogP contribution in [0.25, 0.3) is 10.1 Å². The third-order valence-electron chi connectivity index (χ3n) is 2.23. The van der Waals surface area contributed by atoms with Crippen LogP contribution < -0.4 is 4.74 Å². The predicted octanol–water partition coefficient (Wildman–Crippen LogP) is 3.96. The van der Waals surface area contributed by atoms with Crippen LogP contribution >= 0.6 is 22.9 Å². The first-order valence-electron chi connectivity index (χ1n) is 4.38. The number of rotatable bonds is 2. The van der Waals surface area contributed by atoms with Crippen molar-refractivity contribution in [1.82, 2.24) is 0 Å². The van der Waals surface area contributed by atoms with Crippen molar-refractivity contribution in [3.05, 3.63) is 29.3 Å². The molecule has 1 aromatic carbocycles. The molecule has 2 aromatic rings. The molecule has 0 aliphatic heterocycles. The van der Waals surface area contributed by atoms with Crippen molar-refractivity contribution < 1.29 is 4.74 Å². The maximum Gasteiger partial charge on any atom is 0.179 e. The van der Waals surface area contributed by atoms with Gasteiger partial charge in [-0.2, -0.15) is 0 Å². The van der Waals surface area contributed by atoms with E-state index in [-0.39, 0.29) is 0 Å². The van der Waals surface area contributed by atoms with Gasteiger partial charge in [-0.1, -0.05) is 29.0 Å². The molecule has 0 bridgehead atoms. The monoisotopic (exact) mass is 226 g/mol. The number of thiophene rings is 1. The summed E-state index contributed by atoms with van der Waals surface area (Å²) in [5.74, 6) is 0.507. The number of ether oxygens (including phenoxy) is 1. The average molecular weight is 227 g/mol. The first-order chi connectivity index (χ1) is 6.76. The van der Waals surface area contributed by atoms with Crippen LogP contribution in [0.1, 0.15) is 11.1 Å². The molecule has 1 aromatic heterocycles. The van der Waals surface area contributed by atoms with E-state index < -0.39 is 0 Å². The van der Waals surface area contributed by atoms with Gasteiger partial charge in [0.05, 0.1) is 13.0 Å². The number of hydrogen-bond acceptors (Lipinski definition) is 2. The van der Waals surface area contributed by atoms with Crippen LogP contribution in [0.15, 0.2) is 18.2 Å². The van der Waals surface area contributed by atoms with Crippen LogP contribution in [0.5, 0.6) is 5.06 Å². The van der Waals surface area contributed by atoms with Gasteiger partial charge in [0.15, 0.2) is 5.06 Å². The third kappa shape index (κ3) is 1.49. The average Bonchev–Trinajstić information content (AvgIpc) is 2.54. The van der Waals surface area contributed by atoms with Gasteiger partial charge in [0.2, 0.25) is 0 Å². The van der Waals surface area contributed by atoms with Crippen molar-refractivity contribution in [2.75, 3.05) is 7.11 Å². The number of fused-ring (bicyclic) bond motifs is 1. The zero-order valence-corrected chi connectivity index (χ0v) is 9.71. The Morgan fingerprint density at radius 1 is 1.43 bits per heavy atom. The molecule has 0 unspecified atom stereocenters. The van der Waals surface area contributed by atoms with E-state index in [9.17, 15) is 0 Å². The maximum atomic E-state index is 5.91. The molecule has 3 heteroatoms. The maximum absolute atomic E-state index is 5.91. The van der Waals surface area contributed by atoms with E-state index in [4.69, 9.17) is 16.3 Å². The van der Waals surface area contributed by atoms with Crippen LogP contribution in [0.3, 0.4) is 0 Å². The van der Waals surface area contributed by atoms with Gasteiger partial charge in [-0.25, -0.2) is 0 Å². The molecule has 0 aliphatic carbocycles. The Morgan fingerprint density at radius 2 is 2.21 bits per heavy atom. The lowest BCUT2D eigenvalue weighted by molar-refractivity contribution is 0.424. The zero-order valence-electron chi connectivity index (χ0n) is 8.13. The van der Waals surface area contributed by atoms with Crippen molar-refractivity contribution in [3.8, 4) is 5.06 Å². The smallest absolute Gasteiger partial charge is 0.179 e. The molecular weight excluding hydrogens is 216 g/mol. The molecule has 0 saturated heterocycles. The van der Waals surface area contributed by atoms with E-state index in [0.717, 1.165) is 10.6 Å². The molecule has 1 nitrogen and oxygen atoms in total. The van der Waals surface area contributed by atoms with Crippen molar-refractivity contribution in [1.29, 1.82) is 0 Å². The molecule has 2 rings (SSSR count). The first kappa shape index (κ1) is 9.81. The summed E-state index contributed by atoms with van der Waals surface area (Å²) in [6.45, 7) is 2.08. The molecule has 0 fully saturated rings. The van der Waals surface area contributed by atoms with Crippen LogP contribution in [0.4, 0.5) is 0 Å². The minimum absolute atomic E-state index is 0.507. The molecule has 74 valence electrons. The van der Waals surface area contributed by atoms with E-state index in [1.807, 2.05) is 0 Å². The van der Waals surface area contributed by atoms with E-state index in [2.05, 4.69) is 25.1 Å². The third-order valence-corrected chi connectivity index (χ3v) is 3.67. The highest BCUT2D eigenvalue weighted by Gasteiger charge is 2.11. The topological polar surface area (TPSA) is 9.23 Å². The van der Waals surface area contributed by atoms with Crippen molar-refractivity contribution in [3.63, 3.8) is 0 Å². The highest BCUT2D eigenvalue weighted by Crippen LogP contribution is 2.38. The second-order valence-corrected chi connectivity index (χ2v) is 4.49. The lowest BCUT2D eigenvalue weighted by atomic mass is 10.1. The van der Waals surface area contributed by atoms with Crippen molar-refractivity contribution in [2.24, 2.45) is 0 Å². The molecule has 0 atom stereocenters. The van der Waals surface area contributed by atoms with Gasteiger partial charge in [-0.15, -0.1) is 11.6 Å². The lowest BCUT2D eigenvalue weighted by Crippen LogP contribution is -1.83. The fourth-order valence-corrected chi connectivity index (χ4v) is 2.89. The summed E-state index contributed by atoms with van der Waals surface area (Å²) in [6, 6.07) is 6.39. The van der Waals surface area contributed by atoms with E-state index in [1.54, 1.807) is 18.4 Å². The molecule has 14 heavy (non-hydrogen) atoms. The van der Waals surface area contributed by atoms with E-state index in [1.165, 1.54) is 15.6 Å². The summed E-state index contributed by atoms with van der Waals surface area (Å²) in [7, 11) is 1.69. The SMILES string of the molecule is COc1sc2ccc(C)cc2c1CCl. The Kier molecular flexibility index (Phi) is 2.66. The molecule has 0 radical (unpaired) electrons. The number of alkyl halides is 1. The second kappa shape index (κ2) is 3.79. The molecule has 0 N–H and O–H groups in total. The Labute approximate surface area is 92.3 Å². The van der Waals surface area contributed by atoms with Gasteiger partial charge in [0.1, 0.15) is 0 Å². The van der Waals surface area contributed by atoms with Crippen LogP contribution in [0.2, 0.25) is 0 Å². The van der Waals surface area contributed by atoms with E-state index >= 15 is 0 Å². The van der Waals surface area contributed by atoms with E-state index in [0.29, 0.717) is 5.88 Å². The van der Waals surface area contributed by atoms with Crippen LogP contribution in [-0.4, -0.2) is 7.11 Å². The van der Waals surface area contributed by atoms with Gasteiger partial charge in [0, 0.05) is 15.6 Å². The zero-order chi connectivity index (χ0) is 10.1. The fraction of sp³-hybridized carbons (Fsp3) is 0.273. The predicted molar refractivity (Wildman–Crippen MR) is 62.7 cm³/mol. The summed E-state index contributed by atoms with van der Waals surface area (Å²) in [4.78, 5) is 0. The fourth-order valence-electron chi connectivity index (χ4n) is 1.53. The standard InChI is InChI=1S/C11H11ClOS/c1-7-3-4-10-8(5-7)9(6-12)11(13-2)14-10/h3-5H,6H2,1-2H3. The second-order valence-electron chi connectivity index (χ2n) is 3.21. The van der Waals surface area contributed by atoms with Gasteiger partial charge in [0.25, 0.3) is 0 Å². The van der Waals surface area contributed by atoms with Gasteiger partial charge in [-0.05, 0) is 13.0 Å². The molecule has 0 spiro atoms. The molecule has 0 aliphatic rings. The normalized spacial score (nSPS) is 10.8. The van der Waals surface area contributed by atoms with Crippen LogP contribution in [0, 0.1) is 6.92 Å². The summed E-state index contributed by atoms with van der Waals surface area (Å²) < 4.78 is 6.53. The highest BCUT2D eigenvalue weighted by molar-refractivity contribution is 7.21. The summed E-state index contributed by atoms with van der Waals surface area (Å²) in [6.07, 6.45) is 0. The molecular formula is C11H11ClOS. The minimum atomic E-state index is 0.507. The molecule has 0 amide bonds. The number of aryl methyl sites for hydroxylation is 1. The number of benzene rings is 1. The summed E-state index contributed by atoms with van der Waals surface area (Å²) in [5, 5.41) is 2.16. The highest BCUT2D eigenvalue weighted by atomic mass is 35.5. The first-order valence-corrected chi connectivity index (χ1v) is 5.73. The van der Waals surface area contributed by atoms with Crippen molar-refractivity contribution in [2.45, 2.75) is 12.8 Å². The minimum Gasteiger partial charge on any atom is -0.487 e. The largest absolute Gasteiger partial charge is 0.487 e. The van der Waals surface area contributed by atoms with Crippen LogP contribution in [-0.2, 0) is 5.88 Å².